The van der Waals surface area contributed by atoms with Crippen molar-refractivity contribution in [1.82, 2.24) is 14.5 Å². The second kappa shape index (κ2) is 9.42. The van der Waals surface area contributed by atoms with Crippen molar-refractivity contribution >= 4 is 22.4 Å². The molecule has 7 heteroatoms. The van der Waals surface area contributed by atoms with Crippen molar-refractivity contribution in [2.75, 3.05) is 45.5 Å². The summed E-state index contributed by atoms with van der Waals surface area (Å²) in [5.41, 5.74) is 0. The smallest absolute Gasteiger partial charge is 0.211 e. The molecule has 0 aliphatic carbocycles. The number of sulfonamides is 1. The highest BCUT2D eigenvalue weighted by Gasteiger charge is 2.29. The first kappa shape index (κ1) is 20.2. The Kier molecular flexibility index (Phi) is 8.64. The first-order valence-corrected chi connectivity index (χ1v) is 10.3. The SMILES string of the molecule is CCCN(CC1CCCN(S(C)(=O)=O)C1)C1CCNCC1.Cl. The molecular formula is C15H32ClN3O2S. The van der Waals surface area contributed by atoms with Gasteiger partial charge in [0, 0.05) is 25.7 Å². The van der Waals surface area contributed by atoms with Gasteiger partial charge < -0.3 is 5.32 Å². The zero-order valence-corrected chi connectivity index (χ0v) is 15.6. The largest absolute Gasteiger partial charge is 0.317 e. The molecule has 2 aliphatic rings. The molecule has 1 N–H and O–H groups in total. The molecule has 0 aromatic rings. The molecule has 0 amide bonds. The van der Waals surface area contributed by atoms with Crippen LogP contribution in [0.4, 0.5) is 0 Å². The lowest BCUT2D eigenvalue weighted by Crippen LogP contribution is -2.48. The Hall–Kier alpha value is 0.120. The first-order chi connectivity index (χ1) is 10.0. The molecular weight excluding hydrogens is 322 g/mol. The summed E-state index contributed by atoms with van der Waals surface area (Å²) in [6, 6.07) is 0.680. The number of halogens is 1. The highest BCUT2D eigenvalue weighted by Crippen LogP contribution is 2.22. The van der Waals surface area contributed by atoms with Crippen LogP contribution >= 0.6 is 12.4 Å². The fraction of sp³-hybridized carbons (Fsp3) is 1.00. The van der Waals surface area contributed by atoms with Crippen molar-refractivity contribution in [3.63, 3.8) is 0 Å². The summed E-state index contributed by atoms with van der Waals surface area (Å²) in [5.74, 6) is 0.495. The van der Waals surface area contributed by atoms with Crippen LogP contribution in [0.1, 0.15) is 39.0 Å². The summed E-state index contributed by atoms with van der Waals surface area (Å²) >= 11 is 0. The van der Waals surface area contributed by atoms with Crippen LogP contribution in [0.2, 0.25) is 0 Å². The number of hydrogen-bond donors (Lipinski definition) is 1. The van der Waals surface area contributed by atoms with E-state index >= 15 is 0 Å². The van der Waals surface area contributed by atoms with Gasteiger partial charge in [-0.15, -0.1) is 12.4 Å². The van der Waals surface area contributed by atoms with Gasteiger partial charge in [0.05, 0.1) is 6.26 Å². The summed E-state index contributed by atoms with van der Waals surface area (Å²) in [6.07, 6.45) is 7.13. The predicted octanol–water partition coefficient (Wildman–Crippen LogP) is 1.54. The minimum atomic E-state index is -3.03. The molecule has 5 nitrogen and oxygen atoms in total. The Morgan fingerprint density at radius 2 is 1.91 bits per heavy atom. The van der Waals surface area contributed by atoms with E-state index in [2.05, 4.69) is 17.1 Å². The average molecular weight is 354 g/mol. The number of rotatable bonds is 6. The van der Waals surface area contributed by atoms with Gasteiger partial charge in [0.1, 0.15) is 0 Å². The number of piperidine rings is 2. The lowest BCUT2D eigenvalue weighted by Gasteiger charge is -2.39. The van der Waals surface area contributed by atoms with E-state index in [1.807, 2.05) is 0 Å². The first-order valence-electron chi connectivity index (χ1n) is 8.40. The molecule has 0 bridgehead atoms. The van der Waals surface area contributed by atoms with Gasteiger partial charge in [-0.1, -0.05) is 6.92 Å². The summed E-state index contributed by atoms with van der Waals surface area (Å²) in [7, 11) is -3.03. The summed E-state index contributed by atoms with van der Waals surface area (Å²) in [5, 5.41) is 3.43. The van der Waals surface area contributed by atoms with Crippen LogP contribution in [0.25, 0.3) is 0 Å². The van der Waals surface area contributed by atoms with E-state index in [-0.39, 0.29) is 12.4 Å². The fourth-order valence-electron chi connectivity index (χ4n) is 3.69. The maximum atomic E-state index is 11.7. The van der Waals surface area contributed by atoms with Crippen LogP contribution in [-0.4, -0.2) is 69.2 Å². The van der Waals surface area contributed by atoms with E-state index in [1.54, 1.807) is 4.31 Å². The molecule has 2 heterocycles. The minimum absolute atomic E-state index is 0. The van der Waals surface area contributed by atoms with Gasteiger partial charge >= 0.3 is 0 Å². The van der Waals surface area contributed by atoms with E-state index in [0.717, 1.165) is 39.0 Å². The van der Waals surface area contributed by atoms with E-state index in [0.29, 0.717) is 25.0 Å². The lowest BCUT2D eigenvalue weighted by molar-refractivity contribution is 0.117. The Bertz CT molecular complexity index is 413. The van der Waals surface area contributed by atoms with Gasteiger partial charge in [-0.3, -0.25) is 4.90 Å². The minimum Gasteiger partial charge on any atom is -0.317 e. The Morgan fingerprint density at radius 3 is 2.50 bits per heavy atom. The van der Waals surface area contributed by atoms with E-state index in [9.17, 15) is 8.42 Å². The van der Waals surface area contributed by atoms with Crippen molar-refractivity contribution in [1.29, 1.82) is 0 Å². The highest BCUT2D eigenvalue weighted by atomic mass is 35.5. The van der Waals surface area contributed by atoms with E-state index in [1.165, 1.54) is 25.5 Å². The quantitative estimate of drug-likeness (QED) is 0.787. The third-order valence-electron chi connectivity index (χ3n) is 4.78. The maximum absolute atomic E-state index is 11.7. The van der Waals surface area contributed by atoms with Crippen molar-refractivity contribution in [2.45, 2.75) is 45.1 Å². The molecule has 2 aliphatic heterocycles. The van der Waals surface area contributed by atoms with Crippen molar-refractivity contribution in [2.24, 2.45) is 5.92 Å². The molecule has 0 aromatic carbocycles. The molecule has 2 rings (SSSR count). The molecule has 2 fully saturated rings. The molecule has 22 heavy (non-hydrogen) atoms. The van der Waals surface area contributed by atoms with Gasteiger partial charge in [-0.05, 0) is 57.7 Å². The fourth-order valence-corrected chi connectivity index (χ4v) is 4.63. The molecule has 2 saturated heterocycles. The third-order valence-corrected chi connectivity index (χ3v) is 6.05. The molecule has 132 valence electrons. The van der Waals surface area contributed by atoms with Gasteiger partial charge in [0.15, 0.2) is 0 Å². The summed E-state index contributed by atoms with van der Waals surface area (Å²) in [6.45, 7) is 8.08. The molecule has 0 saturated carbocycles. The maximum Gasteiger partial charge on any atom is 0.211 e. The lowest BCUT2D eigenvalue weighted by atomic mass is 9.96. The molecule has 0 radical (unpaired) electrons. The van der Waals surface area contributed by atoms with Crippen LogP contribution in [-0.2, 0) is 10.0 Å². The van der Waals surface area contributed by atoms with Gasteiger partial charge in [-0.2, -0.15) is 0 Å². The van der Waals surface area contributed by atoms with Crippen LogP contribution in [0.3, 0.4) is 0 Å². The second-order valence-electron chi connectivity index (χ2n) is 6.61. The summed E-state index contributed by atoms with van der Waals surface area (Å²) < 4.78 is 25.2. The predicted molar refractivity (Wildman–Crippen MR) is 94.1 cm³/mol. The molecule has 0 aromatic heterocycles. The summed E-state index contributed by atoms with van der Waals surface area (Å²) in [4.78, 5) is 2.62. The Morgan fingerprint density at radius 1 is 1.23 bits per heavy atom. The van der Waals surface area contributed by atoms with Crippen LogP contribution in [0.5, 0.6) is 0 Å². The number of nitrogens with zero attached hydrogens (tertiary/aromatic N) is 2. The molecule has 1 unspecified atom stereocenters. The zero-order valence-electron chi connectivity index (χ0n) is 14.0. The third kappa shape index (κ3) is 5.96. The standard InChI is InChI=1S/C15H31N3O2S.ClH/c1-3-10-17(15-6-8-16-9-7-15)12-14-5-4-11-18(13-14)21(2,19)20;/h14-16H,3-13H2,1-2H3;1H. The highest BCUT2D eigenvalue weighted by molar-refractivity contribution is 7.88. The van der Waals surface area contributed by atoms with Gasteiger partial charge in [-0.25, -0.2) is 12.7 Å². The Labute approximate surface area is 142 Å². The number of hydrogen-bond acceptors (Lipinski definition) is 4. The number of nitrogens with one attached hydrogen (secondary N) is 1. The van der Waals surface area contributed by atoms with Crippen molar-refractivity contribution in [3.05, 3.63) is 0 Å². The van der Waals surface area contributed by atoms with E-state index in [4.69, 9.17) is 0 Å². The molecule has 0 spiro atoms. The van der Waals surface area contributed by atoms with Gasteiger partial charge in [0.2, 0.25) is 10.0 Å². The van der Waals surface area contributed by atoms with Crippen LogP contribution in [0, 0.1) is 5.92 Å². The monoisotopic (exact) mass is 353 g/mol. The normalized spacial score (nSPS) is 25.1. The van der Waals surface area contributed by atoms with E-state index < -0.39 is 10.0 Å². The van der Waals surface area contributed by atoms with Crippen molar-refractivity contribution in [3.8, 4) is 0 Å². The second-order valence-corrected chi connectivity index (χ2v) is 8.59. The zero-order chi connectivity index (χ0) is 15.3. The topological polar surface area (TPSA) is 52.7 Å². The van der Waals surface area contributed by atoms with Crippen LogP contribution in [0.15, 0.2) is 0 Å². The van der Waals surface area contributed by atoms with Crippen LogP contribution < -0.4 is 5.32 Å². The Balaban J connectivity index is 0.00000242. The van der Waals surface area contributed by atoms with Crippen molar-refractivity contribution < 1.29 is 8.42 Å². The average Bonchev–Trinajstić information content (AvgIpc) is 2.47. The van der Waals surface area contributed by atoms with Gasteiger partial charge in [0.25, 0.3) is 0 Å². The molecule has 1 atom stereocenters.